The zero-order chi connectivity index (χ0) is 26.3. The van der Waals surface area contributed by atoms with Crippen LogP contribution >= 0.6 is 11.6 Å². The number of carbonyl (C=O) groups excluding carboxylic acids is 1. The maximum absolute atomic E-state index is 14.6. The SMILES string of the molecule is CC1(C)CC[C@@H](Nc2ncc3nc(Nc4c(F)cccc4Cl)n([C@H]4CC[C@H](C(N)=O)CC4)c3n2)C[C@H]1O. The van der Waals surface area contributed by atoms with Crippen LogP contribution in [0.5, 0.6) is 0 Å². The molecule has 2 aromatic heterocycles. The van der Waals surface area contributed by atoms with E-state index in [0.717, 1.165) is 12.8 Å². The third kappa shape index (κ3) is 5.22. The van der Waals surface area contributed by atoms with Crippen molar-refractivity contribution in [1.82, 2.24) is 19.5 Å². The maximum Gasteiger partial charge on any atom is 0.224 e. The van der Waals surface area contributed by atoms with Gasteiger partial charge in [0.05, 0.1) is 23.0 Å². The number of carbonyl (C=O) groups is 1. The highest BCUT2D eigenvalue weighted by Gasteiger charge is 2.35. The van der Waals surface area contributed by atoms with Crippen LogP contribution in [0.4, 0.5) is 22.0 Å². The molecule has 37 heavy (non-hydrogen) atoms. The fourth-order valence-corrected chi connectivity index (χ4v) is 5.69. The summed E-state index contributed by atoms with van der Waals surface area (Å²) in [5, 5.41) is 17.2. The highest BCUT2D eigenvalue weighted by molar-refractivity contribution is 6.33. The first kappa shape index (κ1) is 25.7. The number of nitrogens with two attached hydrogens (primary N) is 1. The van der Waals surface area contributed by atoms with Crippen molar-refractivity contribution in [2.45, 2.75) is 77.0 Å². The largest absolute Gasteiger partial charge is 0.392 e. The summed E-state index contributed by atoms with van der Waals surface area (Å²) >= 11 is 6.29. The molecular weight excluding hydrogens is 497 g/mol. The first-order valence-electron chi connectivity index (χ1n) is 12.8. The maximum atomic E-state index is 14.6. The van der Waals surface area contributed by atoms with E-state index in [-0.39, 0.29) is 40.0 Å². The van der Waals surface area contributed by atoms with Crippen LogP contribution in [0.25, 0.3) is 11.2 Å². The van der Waals surface area contributed by atoms with Crippen molar-refractivity contribution in [2.24, 2.45) is 17.1 Å². The Hall–Kier alpha value is -2.98. The summed E-state index contributed by atoms with van der Waals surface area (Å²) in [5.41, 5.74) is 6.73. The summed E-state index contributed by atoms with van der Waals surface area (Å²) in [4.78, 5) is 25.7. The molecule has 0 spiro atoms. The monoisotopic (exact) mass is 529 g/mol. The fraction of sp³-hybridized carbons (Fsp3) is 0.538. The lowest BCUT2D eigenvalue weighted by molar-refractivity contribution is -0.122. The molecule has 2 atom stereocenters. The molecule has 0 radical (unpaired) electrons. The summed E-state index contributed by atoms with van der Waals surface area (Å²) in [7, 11) is 0. The fourth-order valence-electron chi connectivity index (χ4n) is 5.47. The average molecular weight is 530 g/mol. The smallest absolute Gasteiger partial charge is 0.224 e. The van der Waals surface area contributed by atoms with E-state index in [1.165, 1.54) is 6.07 Å². The quantitative estimate of drug-likeness (QED) is 0.356. The van der Waals surface area contributed by atoms with Crippen molar-refractivity contribution in [3.63, 3.8) is 0 Å². The number of imidazole rings is 1. The van der Waals surface area contributed by atoms with Gasteiger partial charge in [-0.1, -0.05) is 31.5 Å². The molecule has 11 heteroatoms. The van der Waals surface area contributed by atoms with Gasteiger partial charge in [0, 0.05) is 18.0 Å². The summed E-state index contributed by atoms with van der Waals surface area (Å²) in [6.45, 7) is 4.16. The van der Waals surface area contributed by atoms with Crippen molar-refractivity contribution >= 4 is 46.3 Å². The standard InChI is InChI=1S/C26H33ClFN7O2/c1-26(2)11-10-15(12-20(26)36)31-24-30-13-19-23(34-24)35(16-8-6-14(7-9-16)22(29)37)25(32-19)33-21-17(27)4-3-5-18(21)28/h3-5,13-16,20,36H,6-12H2,1-2H3,(H2,29,37)(H,32,33)(H,30,31,34)/t14-,15-,16-,20-/m1/s1. The van der Waals surface area contributed by atoms with E-state index in [9.17, 15) is 14.3 Å². The number of primary amides is 1. The van der Waals surface area contributed by atoms with Crippen LogP contribution in [0.1, 0.15) is 64.8 Å². The zero-order valence-corrected chi connectivity index (χ0v) is 21.8. The minimum atomic E-state index is -0.490. The van der Waals surface area contributed by atoms with Gasteiger partial charge in [-0.25, -0.2) is 14.4 Å². The molecule has 2 aliphatic carbocycles. The summed E-state index contributed by atoms with van der Waals surface area (Å²) in [5.74, 6) is -0.0668. The van der Waals surface area contributed by atoms with Crippen molar-refractivity contribution in [1.29, 1.82) is 0 Å². The van der Waals surface area contributed by atoms with E-state index in [0.29, 0.717) is 55.2 Å². The van der Waals surface area contributed by atoms with Gasteiger partial charge >= 0.3 is 0 Å². The highest BCUT2D eigenvalue weighted by atomic mass is 35.5. The van der Waals surface area contributed by atoms with Gasteiger partial charge in [-0.2, -0.15) is 4.98 Å². The van der Waals surface area contributed by atoms with Crippen molar-refractivity contribution < 1.29 is 14.3 Å². The van der Waals surface area contributed by atoms with Crippen molar-refractivity contribution in [2.75, 3.05) is 10.6 Å². The van der Waals surface area contributed by atoms with Crippen LogP contribution in [0.2, 0.25) is 5.02 Å². The van der Waals surface area contributed by atoms with Gasteiger partial charge in [-0.3, -0.25) is 9.36 Å². The number of benzene rings is 1. The molecule has 3 aromatic rings. The Morgan fingerprint density at radius 1 is 1.22 bits per heavy atom. The molecule has 9 nitrogen and oxygen atoms in total. The molecule has 0 unspecified atom stereocenters. The van der Waals surface area contributed by atoms with Gasteiger partial charge in [-0.15, -0.1) is 0 Å². The Morgan fingerprint density at radius 3 is 2.65 bits per heavy atom. The predicted octanol–water partition coefficient (Wildman–Crippen LogP) is 4.93. The number of para-hydroxylation sites is 1. The molecule has 0 aliphatic heterocycles. The van der Waals surface area contributed by atoms with Gasteiger partial charge in [0.1, 0.15) is 11.3 Å². The van der Waals surface area contributed by atoms with Gasteiger partial charge in [0.2, 0.25) is 17.8 Å². The van der Waals surface area contributed by atoms with Crippen molar-refractivity contribution in [3.05, 3.63) is 35.2 Å². The van der Waals surface area contributed by atoms with Crippen LogP contribution in [-0.2, 0) is 4.79 Å². The lowest BCUT2D eigenvalue weighted by atomic mass is 9.73. The number of hydrogen-bond acceptors (Lipinski definition) is 7. The minimum Gasteiger partial charge on any atom is -0.392 e. The molecule has 1 aromatic carbocycles. The Kier molecular flexibility index (Phi) is 6.97. The second-order valence-corrected chi connectivity index (χ2v) is 11.4. The third-order valence-corrected chi connectivity index (χ3v) is 8.29. The third-order valence-electron chi connectivity index (χ3n) is 7.98. The predicted molar refractivity (Wildman–Crippen MR) is 141 cm³/mol. The first-order chi connectivity index (χ1) is 17.6. The normalized spacial score (nSPS) is 25.6. The number of nitrogens with one attached hydrogen (secondary N) is 2. The highest BCUT2D eigenvalue weighted by Crippen LogP contribution is 2.39. The summed E-state index contributed by atoms with van der Waals surface area (Å²) < 4.78 is 16.6. The summed E-state index contributed by atoms with van der Waals surface area (Å²) in [6.07, 6.45) is 6.38. The number of amides is 1. The number of nitrogens with zero attached hydrogens (tertiary/aromatic N) is 4. The molecule has 0 bridgehead atoms. The molecule has 1 amide bonds. The molecular formula is C26H33ClFN7O2. The van der Waals surface area contributed by atoms with E-state index >= 15 is 0 Å². The van der Waals surface area contributed by atoms with E-state index in [1.54, 1.807) is 18.3 Å². The first-order valence-corrected chi connectivity index (χ1v) is 13.2. The minimum absolute atomic E-state index is 0.0197. The van der Waals surface area contributed by atoms with Gasteiger partial charge < -0.3 is 21.5 Å². The van der Waals surface area contributed by atoms with E-state index in [2.05, 4.69) is 34.4 Å². The molecule has 198 valence electrons. The number of halogens is 2. The number of anilines is 3. The number of aliphatic hydroxyl groups excluding tert-OH is 1. The molecule has 2 heterocycles. The van der Waals surface area contributed by atoms with Crippen LogP contribution in [-0.4, -0.2) is 42.7 Å². The van der Waals surface area contributed by atoms with E-state index in [1.807, 2.05) is 4.57 Å². The molecule has 2 fully saturated rings. The molecule has 2 aliphatic rings. The Bertz CT molecular complexity index is 1290. The summed E-state index contributed by atoms with van der Waals surface area (Å²) in [6, 6.07) is 4.52. The van der Waals surface area contributed by atoms with E-state index < -0.39 is 11.9 Å². The lowest BCUT2D eigenvalue weighted by Gasteiger charge is -2.39. The Labute approximate surface area is 220 Å². The topological polar surface area (TPSA) is 131 Å². The van der Waals surface area contributed by atoms with Crippen LogP contribution < -0.4 is 16.4 Å². The van der Waals surface area contributed by atoms with Crippen LogP contribution in [0, 0.1) is 17.2 Å². The number of aromatic nitrogens is 4. The van der Waals surface area contributed by atoms with E-state index in [4.69, 9.17) is 22.3 Å². The molecule has 0 saturated heterocycles. The van der Waals surface area contributed by atoms with Crippen LogP contribution in [0.3, 0.4) is 0 Å². The second-order valence-electron chi connectivity index (χ2n) is 11.0. The molecule has 5 N–H and O–H groups in total. The Morgan fingerprint density at radius 2 is 1.97 bits per heavy atom. The van der Waals surface area contributed by atoms with Crippen molar-refractivity contribution in [3.8, 4) is 0 Å². The molecule has 2 saturated carbocycles. The van der Waals surface area contributed by atoms with Gasteiger partial charge in [0.25, 0.3) is 0 Å². The zero-order valence-electron chi connectivity index (χ0n) is 21.0. The number of hydrogen-bond donors (Lipinski definition) is 4. The Balaban J connectivity index is 1.49. The van der Waals surface area contributed by atoms with Gasteiger partial charge in [0.15, 0.2) is 5.65 Å². The number of fused-ring (bicyclic) bond motifs is 1. The van der Waals surface area contributed by atoms with Gasteiger partial charge in [-0.05, 0) is 62.5 Å². The average Bonchev–Trinajstić information content (AvgIpc) is 3.21. The second kappa shape index (κ2) is 10.1. The number of rotatable bonds is 6. The molecule has 5 rings (SSSR count). The number of aliphatic hydroxyl groups is 1. The lowest BCUT2D eigenvalue weighted by Crippen LogP contribution is -2.41. The van der Waals surface area contributed by atoms with Crippen LogP contribution in [0.15, 0.2) is 24.4 Å².